The van der Waals surface area contributed by atoms with Gasteiger partial charge in [0.15, 0.2) is 0 Å². The van der Waals surface area contributed by atoms with Crippen molar-refractivity contribution in [2.45, 2.75) is 33.7 Å². The van der Waals surface area contributed by atoms with Crippen molar-refractivity contribution in [2.75, 3.05) is 11.9 Å². The van der Waals surface area contributed by atoms with Crippen molar-refractivity contribution in [2.24, 2.45) is 0 Å². The molecule has 0 saturated heterocycles. The van der Waals surface area contributed by atoms with Gasteiger partial charge in [0.1, 0.15) is 5.76 Å². The molecule has 1 aromatic carbocycles. The van der Waals surface area contributed by atoms with Crippen molar-refractivity contribution in [1.29, 1.82) is 0 Å². The number of anilines is 1. The lowest BCUT2D eigenvalue weighted by Crippen LogP contribution is -2.24. The van der Waals surface area contributed by atoms with Crippen LogP contribution in [0.15, 0.2) is 28.8 Å². The van der Waals surface area contributed by atoms with Gasteiger partial charge in [-0.05, 0) is 32.4 Å². The molecule has 0 bridgehead atoms. The van der Waals surface area contributed by atoms with Crippen LogP contribution in [-0.2, 0) is 6.54 Å². The standard InChI is InChI=1S/C16H21N3O2/c1-4-7-17-14-6-5-11(2)8-13(14)16(20)19-10-15-18-9-12(3)21-15/h5-6,8-9,17H,4,7,10H2,1-3H3,(H,19,20). The monoisotopic (exact) mass is 287 g/mol. The number of nitrogens with one attached hydrogen (secondary N) is 2. The molecule has 0 aliphatic rings. The molecule has 0 atom stereocenters. The number of carbonyl (C=O) groups is 1. The number of oxazole rings is 1. The highest BCUT2D eigenvalue weighted by atomic mass is 16.4. The predicted molar refractivity (Wildman–Crippen MR) is 82.4 cm³/mol. The molecule has 1 amide bonds. The van der Waals surface area contributed by atoms with Gasteiger partial charge in [0.2, 0.25) is 5.89 Å². The summed E-state index contributed by atoms with van der Waals surface area (Å²) in [6, 6.07) is 5.82. The summed E-state index contributed by atoms with van der Waals surface area (Å²) in [6.07, 6.45) is 2.65. The molecule has 0 fully saturated rings. The topological polar surface area (TPSA) is 67.2 Å². The van der Waals surface area contributed by atoms with Crippen LogP contribution in [0.2, 0.25) is 0 Å². The van der Waals surface area contributed by atoms with Crippen LogP contribution in [0.3, 0.4) is 0 Å². The Kier molecular flexibility index (Phi) is 4.98. The smallest absolute Gasteiger partial charge is 0.253 e. The number of carbonyl (C=O) groups excluding carboxylic acids is 1. The molecule has 21 heavy (non-hydrogen) atoms. The Morgan fingerprint density at radius 1 is 1.33 bits per heavy atom. The summed E-state index contributed by atoms with van der Waals surface area (Å²) in [6.45, 7) is 7.01. The Bertz CT molecular complexity index is 620. The largest absolute Gasteiger partial charge is 0.444 e. The van der Waals surface area contributed by atoms with Crippen molar-refractivity contribution >= 4 is 11.6 Å². The third-order valence-electron chi connectivity index (χ3n) is 3.05. The second-order valence-electron chi connectivity index (χ2n) is 5.02. The van der Waals surface area contributed by atoms with Crippen molar-refractivity contribution in [3.05, 3.63) is 47.2 Å². The first-order valence-corrected chi connectivity index (χ1v) is 7.14. The normalized spacial score (nSPS) is 10.4. The summed E-state index contributed by atoms with van der Waals surface area (Å²) in [4.78, 5) is 16.4. The van der Waals surface area contributed by atoms with Gasteiger partial charge in [-0.25, -0.2) is 4.98 Å². The fraction of sp³-hybridized carbons (Fsp3) is 0.375. The number of aryl methyl sites for hydroxylation is 2. The molecule has 1 aromatic heterocycles. The molecular formula is C16H21N3O2. The zero-order valence-electron chi connectivity index (χ0n) is 12.7. The van der Waals surface area contributed by atoms with Gasteiger partial charge in [-0.15, -0.1) is 0 Å². The SMILES string of the molecule is CCCNc1ccc(C)cc1C(=O)NCc1ncc(C)o1. The number of hydrogen-bond acceptors (Lipinski definition) is 4. The predicted octanol–water partition coefficient (Wildman–Crippen LogP) is 3.04. The molecule has 1 heterocycles. The van der Waals surface area contributed by atoms with Crippen LogP contribution in [0.25, 0.3) is 0 Å². The minimum Gasteiger partial charge on any atom is -0.444 e. The molecule has 0 radical (unpaired) electrons. The first-order valence-electron chi connectivity index (χ1n) is 7.14. The lowest BCUT2D eigenvalue weighted by molar-refractivity contribution is 0.0948. The molecule has 0 spiro atoms. The molecule has 2 N–H and O–H groups in total. The van der Waals surface area contributed by atoms with Gasteiger partial charge in [-0.1, -0.05) is 18.6 Å². The molecular weight excluding hydrogens is 266 g/mol. The summed E-state index contributed by atoms with van der Waals surface area (Å²) < 4.78 is 5.35. The molecule has 5 nitrogen and oxygen atoms in total. The van der Waals surface area contributed by atoms with E-state index in [1.165, 1.54) is 0 Å². The van der Waals surface area contributed by atoms with E-state index in [4.69, 9.17) is 4.42 Å². The highest BCUT2D eigenvalue weighted by Gasteiger charge is 2.12. The number of benzene rings is 1. The average Bonchev–Trinajstić information content (AvgIpc) is 2.89. The molecule has 0 aliphatic carbocycles. The van der Waals surface area contributed by atoms with Gasteiger partial charge < -0.3 is 15.1 Å². The van der Waals surface area contributed by atoms with Crippen LogP contribution in [-0.4, -0.2) is 17.4 Å². The Hall–Kier alpha value is -2.30. The van der Waals surface area contributed by atoms with Crippen LogP contribution in [0.5, 0.6) is 0 Å². The molecule has 0 aliphatic heterocycles. The minimum absolute atomic E-state index is 0.131. The second kappa shape index (κ2) is 6.92. The van der Waals surface area contributed by atoms with Gasteiger partial charge in [0.05, 0.1) is 18.3 Å². The zero-order valence-corrected chi connectivity index (χ0v) is 12.7. The maximum absolute atomic E-state index is 12.3. The van der Waals surface area contributed by atoms with Gasteiger partial charge >= 0.3 is 0 Å². The summed E-state index contributed by atoms with van der Waals surface area (Å²) in [5.41, 5.74) is 2.55. The third-order valence-corrected chi connectivity index (χ3v) is 3.05. The second-order valence-corrected chi connectivity index (χ2v) is 5.02. The van der Waals surface area contributed by atoms with Gasteiger partial charge in [0.25, 0.3) is 5.91 Å². The van der Waals surface area contributed by atoms with E-state index in [0.717, 1.165) is 30.0 Å². The van der Waals surface area contributed by atoms with E-state index in [0.29, 0.717) is 11.5 Å². The molecule has 0 saturated carbocycles. The summed E-state index contributed by atoms with van der Waals surface area (Å²) >= 11 is 0. The van der Waals surface area contributed by atoms with Crippen molar-refractivity contribution in [3.63, 3.8) is 0 Å². The van der Waals surface area contributed by atoms with Crippen LogP contribution >= 0.6 is 0 Å². The number of nitrogens with zero attached hydrogens (tertiary/aromatic N) is 1. The highest BCUT2D eigenvalue weighted by Crippen LogP contribution is 2.17. The van der Waals surface area contributed by atoms with E-state index in [1.54, 1.807) is 6.20 Å². The summed E-state index contributed by atoms with van der Waals surface area (Å²) in [5, 5.41) is 6.11. The maximum Gasteiger partial charge on any atom is 0.253 e. The zero-order chi connectivity index (χ0) is 15.2. The Morgan fingerprint density at radius 2 is 2.14 bits per heavy atom. The molecule has 2 rings (SSSR count). The van der Waals surface area contributed by atoms with Crippen LogP contribution in [0.4, 0.5) is 5.69 Å². The first kappa shape index (κ1) is 15.1. The van der Waals surface area contributed by atoms with E-state index < -0.39 is 0 Å². The summed E-state index contributed by atoms with van der Waals surface area (Å²) in [5.74, 6) is 1.12. The Balaban J connectivity index is 2.08. The number of aromatic nitrogens is 1. The number of amides is 1. The first-order chi connectivity index (χ1) is 10.1. The Morgan fingerprint density at radius 3 is 2.81 bits per heavy atom. The molecule has 112 valence electrons. The van der Waals surface area contributed by atoms with Crippen molar-refractivity contribution < 1.29 is 9.21 Å². The van der Waals surface area contributed by atoms with E-state index in [1.807, 2.05) is 32.0 Å². The highest BCUT2D eigenvalue weighted by molar-refractivity contribution is 5.99. The quantitative estimate of drug-likeness (QED) is 0.857. The maximum atomic E-state index is 12.3. The van der Waals surface area contributed by atoms with E-state index in [2.05, 4.69) is 22.5 Å². The lowest BCUT2D eigenvalue weighted by atomic mass is 10.1. The lowest BCUT2D eigenvalue weighted by Gasteiger charge is -2.12. The van der Waals surface area contributed by atoms with Gasteiger partial charge in [0, 0.05) is 12.2 Å². The van der Waals surface area contributed by atoms with Crippen LogP contribution in [0, 0.1) is 13.8 Å². The van der Waals surface area contributed by atoms with Crippen molar-refractivity contribution in [1.82, 2.24) is 10.3 Å². The van der Waals surface area contributed by atoms with E-state index in [-0.39, 0.29) is 12.5 Å². The Labute approximate surface area is 124 Å². The van der Waals surface area contributed by atoms with E-state index in [9.17, 15) is 4.79 Å². The molecule has 5 heteroatoms. The van der Waals surface area contributed by atoms with E-state index >= 15 is 0 Å². The van der Waals surface area contributed by atoms with Gasteiger partial charge in [-0.2, -0.15) is 0 Å². The molecule has 2 aromatic rings. The fourth-order valence-corrected chi connectivity index (χ4v) is 1.99. The summed E-state index contributed by atoms with van der Waals surface area (Å²) in [7, 11) is 0. The van der Waals surface area contributed by atoms with Gasteiger partial charge in [-0.3, -0.25) is 4.79 Å². The van der Waals surface area contributed by atoms with Crippen LogP contribution < -0.4 is 10.6 Å². The third kappa shape index (κ3) is 4.08. The molecule has 0 unspecified atom stereocenters. The van der Waals surface area contributed by atoms with Crippen molar-refractivity contribution in [3.8, 4) is 0 Å². The average molecular weight is 287 g/mol. The number of hydrogen-bond donors (Lipinski definition) is 2. The van der Waals surface area contributed by atoms with Crippen LogP contribution in [0.1, 0.15) is 40.9 Å². The fourth-order valence-electron chi connectivity index (χ4n) is 1.99. The number of rotatable bonds is 6. The minimum atomic E-state index is -0.131.